The van der Waals surface area contributed by atoms with Crippen LogP contribution in [0.5, 0.6) is 0 Å². The molecule has 0 fully saturated rings. The highest BCUT2D eigenvalue weighted by molar-refractivity contribution is 5.76. The molecule has 0 aliphatic carbocycles. The number of carbonyl (C=O) groups excluding carboxylic acids is 1. The molecule has 0 bridgehead atoms. The Bertz CT molecular complexity index is 1050. The number of aromatic nitrogens is 2. The van der Waals surface area contributed by atoms with Crippen molar-refractivity contribution < 1.29 is 13.7 Å². The quantitative estimate of drug-likeness (QED) is 0.464. The average molecular weight is 387 g/mol. The Morgan fingerprint density at radius 3 is 2.45 bits per heavy atom. The highest BCUT2D eigenvalue weighted by Crippen LogP contribution is 2.20. The van der Waals surface area contributed by atoms with E-state index in [1.807, 2.05) is 18.2 Å². The predicted octanol–water partition coefficient (Wildman–Crippen LogP) is 4.59. The fourth-order valence-electron chi connectivity index (χ4n) is 3.06. The molecule has 0 aliphatic heterocycles. The molecule has 6 nitrogen and oxygen atoms in total. The number of rotatable bonds is 7. The molecule has 2 aromatic heterocycles. The smallest absolute Gasteiger partial charge is 0.238 e. The molecule has 0 N–H and O–H groups in total. The van der Waals surface area contributed by atoms with Gasteiger partial charge in [0.05, 0.1) is 6.26 Å². The van der Waals surface area contributed by atoms with Gasteiger partial charge in [-0.25, -0.2) is 0 Å². The predicted molar refractivity (Wildman–Crippen MR) is 109 cm³/mol. The van der Waals surface area contributed by atoms with E-state index in [0.717, 1.165) is 11.1 Å². The van der Waals surface area contributed by atoms with Crippen LogP contribution in [0.1, 0.15) is 17.9 Å². The van der Waals surface area contributed by atoms with E-state index in [2.05, 4.69) is 46.5 Å². The zero-order valence-electron chi connectivity index (χ0n) is 16.1. The summed E-state index contributed by atoms with van der Waals surface area (Å²) >= 11 is 0. The summed E-state index contributed by atoms with van der Waals surface area (Å²) in [5.74, 6) is 1.38. The van der Waals surface area contributed by atoms with Crippen molar-refractivity contribution >= 4 is 5.91 Å². The van der Waals surface area contributed by atoms with E-state index in [1.54, 1.807) is 30.3 Å². The van der Waals surface area contributed by atoms with Crippen LogP contribution in [-0.4, -0.2) is 28.0 Å². The molecule has 146 valence electrons. The Morgan fingerprint density at radius 2 is 1.72 bits per heavy atom. The van der Waals surface area contributed by atoms with E-state index < -0.39 is 0 Å². The fourth-order valence-corrected chi connectivity index (χ4v) is 3.06. The van der Waals surface area contributed by atoms with E-state index in [9.17, 15) is 4.79 Å². The van der Waals surface area contributed by atoms with Gasteiger partial charge in [0.2, 0.25) is 17.6 Å². The molecular formula is C23H21N3O3. The molecule has 0 saturated heterocycles. The minimum atomic E-state index is 0.0230. The molecule has 4 rings (SSSR count). The zero-order chi connectivity index (χ0) is 20.1. The van der Waals surface area contributed by atoms with Gasteiger partial charge in [0.25, 0.3) is 0 Å². The first-order valence-corrected chi connectivity index (χ1v) is 9.44. The van der Waals surface area contributed by atoms with Gasteiger partial charge >= 0.3 is 0 Å². The minimum Gasteiger partial charge on any atom is -0.461 e. The highest BCUT2D eigenvalue weighted by atomic mass is 16.5. The molecule has 2 heterocycles. The van der Waals surface area contributed by atoms with Crippen LogP contribution in [0.2, 0.25) is 0 Å². The van der Waals surface area contributed by atoms with Gasteiger partial charge < -0.3 is 13.8 Å². The van der Waals surface area contributed by atoms with Crippen molar-refractivity contribution in [2.45, 2.75) is 19.4 Å². The topological polar surface area (TPSA) is 72.4 Å². The Labute approximate surface area is 168 Å². The maximum Gasteiger partial charge on any atom is 0.238 e. The molecule has 2 aromatic carbocycles. The summed E-state index contributed by atoms with van der Waals surface area (Å²) in [4.78, 5) is 18.4. The molecule has 0 spiro atoms. The van der Waals surface area contributed by atoms with E-state index in [0.29, 0.717) is 36.9 Å². The molecule has 0 radical (unpaired) electrons. The lowest BCUT2D eigenvalue weighted by Gasteiger charge is -2.17. The first-order chi connectivity index (χ1) is 14.2. The Morgan fingerprint density at radius 1 is 0.966 bits per heavy atom. The Hall–Kier alpha value is -3.67. The third kappa shape index (κ3) is 4.60. The summed E-state index contributed by atoms with van der Waals surface area (Å²) in [7, 11) is 1.80. The standard InChI is InChI=1S/C23H21N3O3/c1-26(16-17-9-11-19(12-10-17)18-6-3-2-4-7-18)22(27)14-13-21-24-23(25-29-21)20-8-5-15-28-20/h2-12,15H,13-14,16H2,1H3. The van der Waals surface area contributed by atoms with E-state index in [-0.39, 0.29) is 5.91 Å². The monoisotopic (exact) mass is 387 g/mol. The summed E-state index contributed by atoms with van der Waals surface area (Å²) in [6.07, 6.45) is 2.25. The molecular weight excluding hydrogens is 366 g/mol. The second-order valence-electron chi connectivity index (χ2n) is 6.80. The van der Waals surface area contributed by atoms with Gasteiger partial charge in [-0.3, -0.25) is 4.79 Å². The van der Waals surface area contributed by atoms with Crippen molar-refractivity contribution in [1.82, 2.24) is 15.0 Å². The lowest BCUT2D eigenvalue weighted by Crippen LogP contribution is -2.26. The number of aryl methyl sites for hydroxylation is 1. The number of carbonyl (C=O) groups is 1. The number of furan rings is 1. The van der Waals surface area contributed by atoms with Crippen LogP contribution in [0.4, 0.5) is 0 Å². The summed E-state index contributed by atoms with van der Waals surface area (Å²) < 4.78 is 10.4. The van der Waals surface area contributed by atoms with Gasteiger partial charge in [-0.15, -0.1) is 0 Å². The van der Waals surface area contributed by atoms with E-state index in [4.69, 9.17) is 8.94 Å². The highest BCUT2D eigenvalue weighted by Gasteiger charge is 2.14. The van der Waals surface area contributed by atoms with E-state index >= 15 is 0 Å². The number of amides is 1. The molecule has 29 heavy (non-hydrogen) atoms. The van der Waals surface area contributed by atoms with Crippen LogP contribution < -0.4 is 0 Å². The van der Waals surface area contributed by atoms with Gasteiger partial charge in [0, 0.05) is 26.4 Å². The van der Waals surface area contributed by atoms with Crippen molar-refractivity contribution in [3.05, 3.63) is 84.4 Å². The van der Waals surface area contributed by atoms with Gasteiger partial charge in [-0.2, -0.15) is 4.98 Å². The Kier molecular flexibility index (Phi) is 5.52. The average Bonchev–Trinajstić information content (AvgIpc) is 3.45. The largest absolute Gasteiger partial charge is 0.461 e. The van der Waals surface area contributed by atoms with Gasteiger partial charge in [0.1, 0.15) is 0 Å². The number of benzene rings is 2. The van der Waals surface area contributed by atoms with Crippen molar-refractivity contribution in [2.75, 3.05) is 7.05 Å². The fraction of sp³-hybridized carbons (Fsp3) is 0.174. The van der Waals surface area contributed by atoms with Crippen LogP contribution >= 0.6 is 0 Å². The second-order valence-corrected chi connectivity index (χ2v) is 6.80. The van der Waals surface area contributed by atoms with E-state index in [1.165, 1.54) is 5.56 Å². The molecule has 0 aliphatic rings. The van der Waals surface area contributed by atoms with Crippen molar-refractivity contribution in [2.24, 2.45) is 0 Å². The van der Waals surface area contributed by atoms with Gasteiger partial charge in [-0.05, 0) is 28.8 Å². The second kappa shape index (κ2) is 8.56. The third-order valence-corrected chi connectivity index (χ3v) is 4.67. The van der Waals surface area contributed by atoms with Crippen molar-refractivity contribution in [1.29, 1.82) is 0 Å². The number of nitrogens with zero attached hydrogens (tertiary/aromatic N) is 3. The molecule has 0 atom stereocenters. The summed E-state index contributed by atoms with van der Waals surface area (Å²) in [5, 5.41) is 3.88. The normalized spacial score (nSPS) is 10.8. The number of hydrogen-bond donors (Lipinski definition) is 0. The number of hydrogen-bond acceptors (Lipinski definition) is 5. The van der Waals surface area contributed by atoms with Gasteiger partial charge in [-0.1, -0.05) is 59.8 Å². The molecule has 0 saturated carbocycles. The van der Waals surface area contributed by atoms with Gasteiger partial charge in [0.15, 0.2) is 5.76 Å². The van der Waals surface area contributed by atoms with Crippen LogP contribution in [0.3, 0.4) is 0 Å². The van der Waals surface area contributed by atoms with Crippen LogP contribution in [-0.2, 0) is 17.8 Å². The first kappa shape index (κ1) is 18.7. The SMILES string of the molecule is CN(Cc1ccc(-c2ccccc2)cc1)C(=O)CCc1nc(-c2ccco2)no1. The molecule has 1 amide bonds. The van der Waals surface area contributed by atoms with Crippen LogP contribution in [0.15, 0.2) is 81.9 Å². The Balaban J connectivity index is 1.30. The molecule has 6 heteroatoms. The zero-order valence-corrected chi connectivity index (χ0v) is 16.1. The third-order valence-electron chi connectivity index (χ3n) is 4.67. The maximum atomic E-state index is 12.5. The molecule has 4 aromatic rings. The minimum absolute atomic E-state index is 0.0230. The van der Waals surface area contributed by atoms with Crippen molar-refractivity contribution in [3.8, 4) is 22.7 Å². The maximum absolute atomic E-state index is 12.5. The summed E-state index contributed by atoms with van der Waals surface area (Å²) in [6, 6.07) is 22.0. The van der Waals surface area contributed by atoms with Crippen molar-refractivity contribution in [3.63, 3.8) is 0 Å². The van der Waals surface area contributed by atoms with Crippen LogP contribution in [0.25, 0.3) is 22.7 Å². The van der Waals surface area contributed by atoms with Crippen LogP contribution in [0, 0.1) is 0 Å². The lowest BCUT2D eigenvalue weighted by molar-refractivity contribution is -0.130. The summed E-state index contributed by atoms with van der Waals surface area (Å²) in [5.41, 5.74) is 3.42. The molecule has 0 unspecified atom stereocenters. The lowest BCUT2D eigenvalue weighted by atomic mass is 10.0. The first-order valence-electron chi connectivity index (χ1n) is 9.44. The summed E-state index contributed by atoms with van der Waals surface area (Å²) in [6.45, 7) is 0.551.